The summed E-state index contributed by atoms with van der Waals surface area (Å²) in [6.45, 7) is 6.26. The highest BCUT2D eigenvalue weighted by Crippen LogP contribution is 2.42. The Kier molecular flexibility index (Phi) is 9.12. The molecule has 0 amide bonds. The van der Waals surface area contributed by atoms with Crippen molar-refractivity contribution in [3.05, 3.63) is 70.6 Å². The van der Waals surface area contributed by atoms with Gasteiger partial charge in [-0.15, -0.1) is 0 Å². The number of hydrogen-bond acceptors (Lipinski definition) is 1. The third-order valence-corrected chi connectivity index (χ3v) is 7.09. The molecule has 0 N–H and O–H groups in total. The molecular weight excluding hydrogens is 485 g/mol. The second kappa shape index (κ2) is 11.7. The molecule has 1 unspecified atom stereocenters. The average Bonchev–Trinajstić information content (AvgIpc) is 2.83. The van der Waals surface area contributed by atoms with E-state index in [1.54, 1.807) is 0 Å². The maximum absolute atomic E-state index is 14.7. The van der Waals surface area contributed by atoms with Gasteiger partial charge in [0.15, 0.2) is 17.5 Å². The molecule has 0 heterocycles. The molecule has 0 aromatic heterocycles. The van der Waals surface area contributed by atoms with Crippen LogP contribution in [-0.2, 0) is 6.11 Å². The van der Waals surface area contributed by atoms with Crippen molar-refractivity contribution in [3.63, 3.8) is 0 Å². The lowest BCUT2D eigenvalue weighted by molar-refractivity contribution is -0.189. The molecule has 2 aliphatic rings. The topological polar surface area (TPSA) is 9.23 Å². The van der Waals surface area contributed by atoms with Gasteiger partial charge >= 0.3 is 6.11 Å². The Bertz CT molecular complexity index is 1040. The van der Waals surface area contributed by atoms with Crippen LogP contribution in [0.4, 0.5) is 30.7 Å². The van der Waals surface area contributed by atoms with E-state index >= 15 is 0 Å². The summed E-state index contributed by atoms with van der Waals surface area (Å²) in [5.74, 6) is -7.72. The van der Waals surface area contributed by atoms with Crippen molar-refractivity contribution in [2.45, 2.75) is 71.8 Å². The number of allylic oxidation sites excluding steroid dienone is 2. The number of alkyl halides is 2. The summed E-state index contributed by atoms with van der Waals surface area (Å²) in [4.78, 5) is 0. The molecule has 198 valence electrons. The van der Waals surface area contributed by atoms with Gasteiger partial charge < -0.3 is 4.74 Å². The highest BCUT2D eigenvalue weighted by molar-refractivity contribution is 5.67. The number of hydrogen-bond donors (Lipinski definition) is 0. The third kappa shape index (κ3) is 6.24. The van der Waals surface area contributed by atoms with Crippen molar-refractivity contribution in [2.75, 3.05) is 0 Å². The summed E-state index contributed by atoms with van der Waals surface area (Å²) in [5.41, 5.74) is -0.826. The summed E-state index contributed by atoms with van der Waals surface area (Å²) >= 11 is 0. The lowest BCUT2D eigenvalue weighted by Gasteiger charge is -2.34. The normalized spacial score (nSPS) is 22.4. The second-order valence-corrected chi connectivity index (χ2v) is 9.42. The third-order valence-electron chi connectivity index (χ3n) is 7.09. The van der Waals surface area contributed by atoms with Crippen molar-refractivity contribution in [1.29, 1.82) is 0 Å². The molecule has 0 bridgehead atoms. The standard InChI is InChI=1S/C26H25F7O.C2H6/c1-14-2-4-15(5-3-14)16-6-8-17(9-7-16)18-10-20(27)24(21(28)11-18)26(32,33)34-19-12-22(29)25(31)23(30)13-19;1-2/h8,10-16H,2-7,9H2,1H3;1-2H3. The average molecular weight is 517 g/mol. The Morgan fingerprint density at radius 2 is 1.31 bits per heavy atom. The lowest BCUT2D eigenvalue weighted by Crippen LogP contribution is -2.25. The summed E-state index contributed by atoms with van der Waals surface area (Å²) in [6, 6.07) is 1.98. The van der Waals surface area contributed by atoms with E-state index in [1.807, 2.05) is 19.9 Å². The van der Waals surface area contributed by atoms with Crippen molar-refractivity contribution in [2.24, 2.45) is 17.8 Å². The Hall–Kier alpha value is -2.51. The second-order valence-electron chi connectivity index (χ2n) is 9.42. The molecule has 2 aromatic rings. The SMILES string of the molecule is CC.CC1CCC(C2CC=C(c3cc(F)c(C(F)(F)Oc4cc(F)c(F)c(F)c4)c(F)c3)CC2)CC1. The van der Waals surface area contributed by atoms with Crippen molar-refractivity contribution in [3.8, 4) is 5.75 Å². The minimum Gasteiger partial charge on any atom is -0.429 e. The zero-order chi connectivity index (χ0) is 26.6. The van der Waals surface area contributed by atoms with E-state index in [-0.39, 0.29) is 17.7 Å². The predicted molar refractivity (Wildman–Crippen MR) is 125 cm³/mol. The Balaban J connectivity index is 0.00000176. The Labute approximate surface area is 207 Å². The molecular formula is C28H31F7O. The van der Waals surface area contributed by atoms with E-state index < -0.39 is 46.5 Å². The molecule has 1 nitrogen and oxygen atoms in total. The van der Waals surface area contributed by atoms with Gasteiger partial charge in [-0.05, 0) is 73.1 Å². The molecule has 0 spiro atoms. The maximum Gasteiger partial charge on any atom is 0.432 e. The Morgan fingerprint density at radius 1 is 0.750 bits per heavy atom. The van der Waals surface area contributed by atoms with E-state index in [0.29, 0.717) is 23.8 Å². The first-order chi connectivity index (χ1) is 17.0. The van der Waals surface area contributed by atoms with Gasteiger partial charge in [-0.2, -0.15) is 8.78 Å². The predicted octanol–water partition coefficient (Wildman–Crippen LogP) is 9.55. The number of halogens is 7. The molecule has 36 heavy (non-hydrogen) atoms. The number of benzene rings is 2. The molecule has 2 aromatic carbocycles. The summed E-state index contributed by atoms with van der Waals surface area (Å²) in [6.07, 6.45) is 4.37. The fraction of sp³-hybridized carbons (Fsp3) is 0.500. The smallest absolute Gasteiger partial charge is 0.429 e. The molecule has 1 atom stereocenters. The highest BCUT2D eigenvalue weighted by atomic mass is 19.3. The van der Waals surface area contributed by atoms with Crippen molar-refractivity contribution in [1.82, 2.24) is 0 Å². The van der Waals surface area contributed by atoms with Gasteiger partial charge in [0.25, 0.3) is 0 Å². The van der Waals surface area contributed by atoms with Crippen LogP contribution < -0.4 is 4.74 Å². The van der Waals surface area contributed by atoms with Gasteiger partial charge in [0.2, 0.25) is 0 Å². The van der Waals surface area contributed by atoms with Crippen molar-refractivity contribution < 1.29 is 35.5 Å². The summed E-state index contributed by atoms with van der Waals surface area (Å²) < 4.78 is 102. The molecule has 2 aliphatic carbocycles. The van der Waals surface area contributed by atoms with Gasteiger partial charge in [-0.1, -0.05) is 39.7 Å². The molecule has 1 saturated carbocycles. The number of ether oxygens (including phenoxy) is 1. The van der Waals surface area contributed by atoms with Gasteiger partial charge in [0, 0.05) is 12.1 Å². The first-order valence-corrected chi connectivity index (χ1v) is 12.5. The highest BCUT2D eigenvalue weighted by Gasteiger charge is 2.42. The van der Waals surface area contributed by atoms with Crippen LogP contribution in [0.15, 0.2) is 30.3 Å². The molecule has 8 heteroatoms. The van der Waals surface area contributed by atoms with Crippen LogP contribution in [0.3, 0.4) is 0 Å². The Morgan fingerprint density at radius 3 is 1.81 bits per heavy atom. The van der Waals surface area contributed by atoms with Crippen molar-refractivity contribution >= 4 is 5.57 Å². The summed E-state index contributed by atoms with van der Waals surface area (Å²) in [5, 5.41) is 0. The molecule has 4 rings (SSSR count). The lowest BCUT2D eigenvalue weighted by atomic mass is 9.71. The van der Waals surface area contributed by atoms with Gasteiger partial charge in [-0.25, -0.2) is 22.0 Å². The zero-order valence-corrected chi connectivity index (χ0v) is 20.6. The van der Waals surface area contributed by atoms with Crippen LogP contribution in [0, 0.1) is 46.8 Å². The van der Waals surface area contributed by atoms with Crippen LogP contribution in [0.2, 0.25) is 0 Å². The van der Waals surface area contributed by atoms with E-state index in [9.17, 15) is 30.7 Å². The van der Waals surface area contributed by atoms with E-state index in [4.69, 9.17) is 0 Å². The van der Waals surface area contributed by atoms with E-state index in [0.717, 1.165) is 30.9 Å². The molecule has 0 radical (unpaired) electrons. The van der Waals surface area contributed by atoms with E-state index in [2.05, 4.69) is 11.7 Å². The van der Waals surface area contributed by atoms with Gasteiger partial charge in [-0.3, -0.25) is 0 Å². The molecule has 0 aliphatic heterocycles. The fourth-order valence-electron chi connectivity index (χ4n) is 5.13. The largest absolute Gasteiger partial charge is 0.432 e. The minimum absolute atomic E-state index is 0.170. The van der Waals surface area contributed by atoms with Crippen LogP contribution in [0.25, 0.3) is 5.57 Å². The van der Waals surface area contributed by atoms with Crippen LogP contribution in [-0.4, -0.2) is 0 Å². The quantitative estimate of drug-likeness (QED) is 0.284. The van der Waals surface area contributed by atoms with E-state index in [1.165, 1.54) is 25.7 Å². The monoisotopic (exact) mass is 516 g/mol. The van der Waals surface area contributed by atoms with Crippen LogP contribution >= 0.6 is 0 Å². The molecule has 0 saturated heterocycles. The van der Waals surface area contributed by atoms with Gasteiger partial charge in [0.05, 0.1) is 0 Å². The number of rotatable bonds is 5. The van der Waals surface area contributed by atoms with Gasteiger partial charge in [0.1, 0.15) is 22.9 Å². The first-order valence-electron chi connectivity index (χ1n) is 12.5. The minimum atomic E-state index is -4.59. The molecule has 1 fully saturated rings. The fourth-order valence-corrected chi connectivity index (χ4v) is 5.13. The first kappa shape index (κ1) is 28.1. The summed E-state index contributed by atoms with van der Waals surface area (Å²) in [7, 11) is 0. The maximum atomic E-state index is 14.7. The van der Waals surface area contributed by atoms with Crippen LogP contribution in [0.1, 0.15) is 76.8 Å². The van der Waals surface area contributed by atoms with Crippen LogP contribution in [0.5, 0.6) is 5.75 Å². The zero-order valence-electron chi connectivity index (χ0n) is 20.6.